The quantitative estimate of drug-likeness (QED) is 0.362. The number of aryl methyl sites for hydroxylation is 2. The Morgan fingerprint density at radius 1 is 1.27 bits per heavy atom. The smallest absolute Gasteiger partial charge is 0.280 e. The highest BCUT2D eigenvalue weighted by molar-refractivity contribution is 7.17. The number of hydrogen-bond donors (Lipinski definition) is 1. The molecule has 1 saturated carbocycles. The largest absolute Gasteiger partial charge is 0.347 e. The van der Waals surface area contributed by atoms with E-state index in [2.05, 4.69) is 55.9 Å². The van der Waals surface area contributed by atoms with Gasteiger partial charge in [-0.3, -0.25) is 4.79 Å². The zero-order valence-corrected chi connectivity index (χ0v) is 21.6. The maximum Gasteiger partial charge on any atom is 0.280 e. The number of aliphatic imine (C=N–C) groups is 1. The van der Waals surface area contributed by atoms with E-state index in [1.54, 1.807) is 6.21 Å². The van der Waals surface area contributed by atoms with Crippen molar-refractivity contribution in [1.29, 1.82) is 0 Å². The van der Waals surface area contributed by atoms with Crippen LogP contribution in [0.25, 0.3) is 5.57 Å². The van der Waals surface area contributed by atoms with Gasteiger partial charge in [-0.1, -0.05) is 74.3 Å². The molecule has 0 bridgehead atoms. The summed E-state index contributed by atoms with van der Waals surface area (Å²) in [5, 5.41) is 4.47. The Morgan fingerprint density at radius 3 is 2.73 bits per heavy atom. The van der Waals surface area contributed by atoms with Gasteiger partial charge in [-0.05, 0) is 75.5 Å². The number of amides is 1. The fourth-order valence-electron chi connectivity index (χ4n) is 4.81. The minimum Gasteiger partial charge on any atom is -0.347 e. The van der Waals surface area contributed by atoms with Crippen molar-refractivity contribution in [3.05, 3.63) is 52.2 Å². The fraction of sp³-hybridized carbons (Fsp3) is 0.536. The molecule has 0 radical (unpaired) electrons. The topological polar surface area (TPSA) is 54.4 Å². The van der Waals surface area contributed by atoms with Crippen LogP contribution in [0.1, 0.15) is 110 Å². The number of allylic oxidation sites excluding steroid dienone is 1. The number of benzene rings is 1. The van der Waals surface area contributed by atoms with Crippen molar-refractivity contribution in [2.24, 2.45) is 4.99 Å². The van der Waals surface area contributed by atoms with Gasteiger partial charge in [0.25, 0.3) is 5.91 Å². The van der Waals surface area contributed by atoms with Crippen LogP contribution < -0.4 is 5.32 Å². The summed E-state index contributed by atoms with van der Waals surface area (Å²) in [5.41, 5.74) is 5.86. The van der Waals surface area contributed by atoms with E-state index in [1.165, 1.54) is 47.3 Å². The zero-order valence-electron chi connectivity index (χ0n) is 20.7. The Hall–Kier alpha value is -2.27. The third-order valence-corrected chi connectivity index (χ3v) is 7.59. The van der Waals surface area contributed by atoms with E-state index >= 15 is 0 Å². The summed E-state index contributed by atoms with van der Waals surface area (Å²) in [6.07, 6.45) is 11.7. The summed E-state index contributed by atoms with van der Waals surface area (Å²) in [6.45, 7) is 12.9. The average molecular weight is 466 g/mol. The van der Waals surface area contributed by atoms with Crippen LogP contribution in [0.2, 0.25) is 0 Å². The van der Waals surface area contributed by atoms with Gasteiger partial charge in [0.05, 0.1) is 0 Å². The number of nitrogens with one attached hydrogen (secondary N) is 1. The Balaban J connectivity index is 1.73. The molecule has 4 nitrogen and oxygen atoms in total. The highest BCUT2D eigenvalue weighted by atomic mass is 32.1. The number of aromatic nitrogens is 1. The van der Waals surface area contributed by atoms with Crippen LogP contribution in [-0.2, 0) is 0 Å². The molecule has 0 aliphatic heterocycles. The van der Waals surface area contributed by atoms with Crippen molar-refractivity contribution >= 4 is 34.0 Å². The maximum absolute atomic E-state index is 12.9. The normalized spacial score (nSPS) is 15.6. The Morgan fingerprint density at radius 2 is 2.03 bits per heavy atom. The van der Waals surface area contributed by atoms with Crippen molar-refractivity contribution in [3.8, 4) is 0 Å². The molecule has 2 aromatic rings. The van der Waals surface area contributed by atoms with E-state index in [4.69, 9.17) is 4.98 Å². The van der Waals surface area contributed by atoms with Crippen LogP contribution in [0.5, 0.6) is 0 Å². The van der Waals surface area contributed by atoms with E-state index in [0.717, 1.165) is 54.8 Å². The minimum absolute atomic E-state index is 0.0715. The number of nitrogens with zero attached hydrogens (tertiary/aromatic N) is 2. The van der Waals surface area contributed by atoms with Crippen molar-refractivity contribution in [2.75, 3.05) is 0 Å². The second-order valence-corrected chi connectivity index (χ2v) is 10.3. The molecule has 1 aromatic heterocycles. The maximum atomic E-state index is 12.9. The van der Waals surface area contributed by atoms with E-state index in [9.17, 15) is 4.79 Å². The second-order valence-electron chi connectivity index (χ2n) is 9.36. The van der Waals surface area contributed by atoms with Gasteiger partial charge in [0, 0.05) is 12.3 Å². The van der Waals surface area contributed by atoms with Crippen LogP contribution in [0, 0.1) is 13.8 Å². The van der Waals surface area contributed by atoms with Crippen LogP contribution in [0.15, 0.2) is 29.8 Å². The van der Waals surface area contributed by atoms with Gasteiger partial charge in [-0.25, -0.2) is 9.98 Å². The molecule has 3 rings (SSSR count). The molecule has 1 unspecified atom stereocenters. The van der Waals surface area contributed by atoms with Gasteiger partial charge < -0.3 is 5.32 Å². The van der Waals surface area contributed by atoms with Gasteiger partial charge in [0.2, 0.25) is 0 Å². The highest BCUT2D eigenvalue weighted by Gasteiger charge is 2.22. The molecule has 0 spiro atoms. The minimum atomic E-state index is -0.0715. The van der Waals surface area contributed by atoms with Crippen molar-refractivity contribution in [1.82, 2.24) is 10.3 Å². The standard InChI is InChI=1S/C28H39N3OS/c1-6-11-22(24-18-19(3)14-15-20(24)4)17-16-21(5)25-27(29-7-2)33-28(31-25)26(32)30-23-12-9-8-10-13-23/h7,14-15,18,22-23H,5-6,8-13,16-17H2,1-4H3,(H,30,32). The van der Waals surface area contributed by atoms with Gasteiger partial charge in [0.1, 0.15) is 10.7 Å². The lowest BCUT2D eigenvalue weighted by molar-refractivity contribution is 0.0927. The predicted molar refractivity (Wildman–Crippen MR) is 142 cm³/mol. The number of carbonyl (C=O) groups is 1. The molecule has 1 amide bonds. The molecule has 1 fully saturated rings. The van der Waals surface area contributed by atoms with Gasteiger partial charge in [-0.2, -0.15) is 0 Å². The third-order valence-electron chi connectivity index (χ3n) is 6.63. The summed E-state index contributed by atoms with van der Waals surface area (Å²) in [4.78, 5) is 22.1. The van der Waals surface area contributed by atoms with Crippen LogP contribution in [-0.4, -0.2) is 23.1 Å². The first kappa shape index (κ1) is 25.4. The SMILES string of the molecule is C=C(CCC(CCC)c1cc(C)ccc1C)c1nc(C(=O)NC2CCCCC2)sc1N=CC. The average Bonchev–Trinajstić information content (AvgIpc) is 3.23. The van der Waals surface area contributed by atoms with E-state index in [0.29, 0.717) is 10.9 Å². The van der Waals surface area contributed by atoms with Crippen molar-refractivity contribution in [2.45, 2.75) is 97.4 Å². The summed E-state index contributed by atoms with van der Waals surface area (Å²) in [6, 6.07) is 7.02. The van der Waals surface area contributed by atoms with E-state index in [-0.39, 0.29) is 11.9 Å². The number of thiazole rings is 1. The van der Waals surface area contributed by atoms with Crippen LogP contribution in [0.4, 0.5) is 5.00 Å². The molecule has 5 heteroatoms. The summed E-state index contributed by atoms with van der Waals surface area (Å²) >= 11 is 1.37. The molecule has 1 atom stereocenters. The lowest BCUT2D eigenvalue weighted by Crippen LogP contribution is -2.36. The van der Waals surface area contributed by atoms with E-state index in [1.807, 2.05) is 6.92 Å². The molecular formula is C28H39N3OS. The molecule has 1 heterocycles. The summed E-state index contributed by atoms with van der Waals surface area (Å²) in [5.74, 6) is 0.426. The third kappa shape index (κ3) is 6.86. The van der Waals surface area contributed by atoms with Gasteiger partial charge in [0.15, 0.2) is 5.01 Å². The second kappa shape index (κ2) is 12.3. The Kier molecular flexibility index (Phi) is 9.42. The van der Waals surface area contributed by atoms with Gasteiger partial charge in [-0.15, -0.1) is 0 Å². The molecule has 1 N–H and O–H groups in total. The first-order chi connectivity index (χ1) is 15.9. The Bertz CT molecular complexity index is 985. The van der Waals surface area contributed by atoms with Gasteiger partial charge >= 0.3 is 0 Å². The first-order valence-electron chi connectivity index (χ1n) is 12.5. The lowest BCUT2D eigenvalue weighted by atomic mass is 9.85. The highest BCUT2D eigenvalue weighted by Crippen LogP contribution is 2.37. The first-order valence-corrected chi connectivity index (χ1v) is 13.3. The molecule has 1 aliphatic carbocycles. The van der Waals surface area contributed by atoms with Crippen molar-refractivity contribution in [3.63, 3.8) is 0 Å². The zero-order chi connectivity index (χ0) is 23.8. The predicted octanol–water partition coefficient (Wildman–Crippen LogP) is 7.92. The molecule has 178 valence electrons. The monoisotopic (exact) mass is 465 g/mol. The Labute approximate surface area is 203 Å². The molecule has 1 aromatic carbocycles. The summed E-state index contributed by atoms with van der Waals surface area (Å²) in [7, 11) is 0. The van der Waals surface area contributed by atoms with E-state index < -0.39 is 0 Å². The van der Waals surface area contributed by atoms with Crippen LogP contribution in [0.3, 0.4) is 0 Å². The lowest BCUT2D eigenvalue weighted by Gasteiger charge is -2.22. The summed E-state index contributed by atoms with van der Waals surface area (Å²) < 4.78 is 0. The van der Waals surface area contributed by atoms with Crippen molar-refractivity contribution < 1.29 is 4.79 Å². The molecular weight excluding hydrogens is 426 g/mol. The molecule has 1 aliphatic rings. The molecule has 33 heavy (non-hydrogen) atoms. The number of carbonyl (C=O) groups excluding carboxylic acids is 1. The fourth-order valence-corrected chi connectivity index (χ4v) is 5.73. The number of hydrogen-bond acceptors (Lipinski definition) is 4. The number of rotatable bonds is 10. The molecule has 0 saturated heterocycles. The van der Waals surface area contributed by atoms with Crippen LogP contribution >= 0.6 is 11.3 Å².